The van der Waals surface area contributed by atoms with E-state index in [0.717, 1.165) is 24.1 Å². The maximum atomic E-state index is 8.78. The number of nitriles is 1. The molecule has 0 aliphatic heterocycles. The van der Waals surface area contributed by atoms with Crippen LogP contribution in [-0.2, 0) is 6.54 Å². The fraction of sp³-hybridized carbons (Fsp3) is 0.533. The van der Waals surface area contributed by atoms with Gasteiger partial charge in [0.2, 0.25) is 0 Å². The van der Waals surface area contributed by atoms with Gasteiger partial charge in [-0.15, -0.1) is 0 Å². The van der Waals surface area contributed by atoms with Gasteiger partial charge in [0.1, 0.15) is 0 Å². The fourth-order valence-corrected chi connectivity index (χ4v) is 2.33. The molecule has 0 unspecified atom stereocenters. The lowest BCUT2D eigenvalue weighted by atomic mass is 10.1. The van der Waals surface area contributed by atoms with Gasteiger partial charge in [0.25, 0.3) is 0 Å². The van der Waals surface area contributed by atoms with E-state index in [-0.39, 0.29) is 0 Å². The van der Waals surface area contributed by atoms with Crippen LogP contribution in [0.1, 0.15) is 36.8 Å². The fourth-order valence-electron chi connectivity index (χ4n) is 2.33. The van der Waals surface area contributed by atoms with Crippen LogP contribution in [0.25, 0.3) is 0 Å². The second kappa shape index (κ2) is 4.50. The Morgan fingerprint density at radius 2 is 1.82 bits per heavy atom. The van der Waals surface area contributed by atoms with Crippen molar-refractivity contribution < 1.29 is 0 Å². The van der Waals surface area contributed by atoms with Crippen molar-refractivity contribution in [2.24, 2.45) is 5.92 Å². The summed E-state index contributed by atoms with van der Waals surface area (Å²) in [6, 6.07) is 11.1. The predicted octanol–water partition coefficient (Wildman–Crippen LogP) is 2.93. The van der Waals surface area contributed by atoms with E-state index in [1.807, 2.05) is 12.1 Å². The van der Waals surface area contributed by atoms with E-state index in [9.17, 15) is 0 Å². The van der Waals surface area contributed by atoms with E-state index in [1.54, 1.807) is 0 Å². The average Bonchev–Trinajstić information content (AvgIpc) is 3.22. The molecule has 17 heavy (non-hydrogen) atoms. The molecular weight excluding hydrogens is 208 g/mol. The molecule has 0 N–H and O–H groups in total. The highest BCUT2D eigenvalue weighted by Gasteiger charge is 2.33. The highest BCUT2D eigenvalue weighted by molar-refractivity contribution is 5.31. The third-order valence-corrected chi connectivity index (χ3v) is 3.72. The molecule has 0 saturated heterocycles. The molecule has 0 spiro atoms. The summed E-state index contributed by atoms with van der Waals surface area (Å²) in [6.07, 6.45) is 5.61. The Kier molecular flexibility index (Phi) is 2.86. The Morgan fingerprint density at radius 1 is 1.12 bits per heavy atom. The SMILES string of the molecule is N#Cc1ccc(CN(CC2CC2)C2CC2)cc1. The highest BCUT2D eigenvalue weighted by Crippen LogP contribution is 2.35. The molecule has 0 heterocycles. The standard InChI is InChI=1S/C15H18N2/c16-9-12-1-3-13(4-2-12)10-17(15-7-8-15)11-14-5-6-14/h1-4,14-15H,5-8,10-11H2. The summed E-state index contributed by atoms with van der Waals surface area (Å²) < 4.78 is 0. The molecule has 2 aliphatic rings. The molecule has 2 heteroatoms. The van der Waals surface area contributed by atoms with E-state index in [1.165, 1.54) is 37.8 Å². The minimum Gasteiger partial charge on any atom is -0.296 e. The molecule has 2 nitrogen and oxygen atoms in total. The van der Waals surface area contributed by atoms with Crippen molar-refractivity contribution >= 4 is 0 Å². The molecule has 0 amide bonds. The Morgan fingerprint density at radius 3 is 2.35 bits per heavy atom. The van der Waals surface area contributed by atoms with Crippen molar-refractivity contribution in [1.29, 1.82) is 5.26 Å². The first-order chi connectivity index (χ1) is 8.35. The Hall–Kier alpha value is -1.33. The van der Waals surface area contributed by atoms with Crippen LogP contribution in [0.2, 0.25) is 0 Å². The molecule has 2 fully saturated rings. The van der Waals surface area contributed by atoms with E-state index in [4.69, 9.17) is 5.26 Å². The summed E-state index contributed by atoms with van der Waals surface area (Å²) in [5.74, 6) is 0.967. The molecule has 0 aromatic heterocycles. The molecule has 88 valence electrons. The first kappa shape index (κ1) is 10.8. The van der Waals surface area contributed by atoms with Crippen LogP contribution in [0.4, 0.5) is 0 Å². The molecule has 1 aromatic rings. The minimum atomic E-state index is 0.758. The first-order valence-corrected chi connectivity index (χ1v) is 6.58. The smallest absolute Gasteiger partial charge is 0.0991 e. The topological polar surface area (TPSA) is 27.0 Å². The molecule has 0 bridgehead atoms. The molecule has 0 atom stereocenters. The van der Waals surface area contributed by atoms with Crippen molar-refractivity contribution in [3.05, 3.63) is 35.4 Å². The summed E-state index contributed by atoms with van der Waals surface area (Å²) in [7, 11) is 0. The van der Waals surface area contributed by atoms with Crippen LogP contribution in [-0.4, -0.2) is 17.5 Å². The maximum absolute atomic E-state index is 8.78. The summed E-state index contributed by atoms with van der Waals surface area (Å²) in [4.78, 5) is 2.64. The van der Waals surface area contributed by atoms with Crippen LogP contribution >= 0.6 is 0 Å². The van der Waals surface area contributed by atoms with Gasteiger partial charge in [-0.1, -0.05) is 12.1 Å². The van der Waals surface area contributed by atoms with Gasteiger partial charge in [0, 0.05) is 19.1 Å². The quantitative estimate of drug-likeness (QED) is 0.772. The average molecular weight is 226 g/mol. The van der Waals surface area contributed by atoms with Gasteiger partial charge in [-0.3, -0.25) is 4.90 Å². The van der Waals surface area contributed by atoms with Gasteiger partial charge in [-0.05, 0) is 49.3 Å². The van der Waals surface area contributed by atoms with Crippen LogP contribution < -0.4 is 0 Å². The zero-order valence-corrected chi connectivity index (χ0v) is 10.1. The van der Waals surface area contributed by atoms with Gasteiger partial charge in [0.05, 0.1) is 11.6 Å². The van der Waals surface area contributed by atoms with Gasteiger partial charge in [0.15, 0.2) is 0 Å². The van der Waals surface area contributed by atoms with Gasteiger partial charge >= 0.3 is 0 Å². The summed E-state index contributed by atoms with van der Waals surface area (Å²) in [5, 5.41) is 8.78. The van der Waals surface area contributed by atoms with E-state index in [2.05, 4.69) is 23.1 Å². The third-order valence-electron chi connectivity index (χ3n) is 3.72. The molecular formula is C15H18N2. The molecule has 2 saturated carbocycles. The first-order valence-electron chi connectivity index (χ1n) is 6.58. The Labute approximate surface area is 103 Å². The van der Waals surface area contributed by atoms with Crippen molar-refractivity contribution in [1.82, 2.24) is 4.90 Å². The van der Waals surface area contributed by atoms with E-state index >= 15 is 0 Å². The largest absolute Gasteiger partial charge is 0.296 e. The van der Waals surface area contributed by atoms with Gasteiger partial charge < -0.3 is 0 Å². The highest BCUT2D eigenvalue weighted by atomic mass is 15.2. The number of hydrogen-bond acceptors (Lipinski definition) is 2. The van der Waals surface area contributed by atoms with Crippen molar-refractivity contribution in [2.75, 3.05) is 6.54 Å². The van der Waals surface area contributed by atoms with Crippen molar-refractivity contribution in [3.63, 3.8) is 0 Å². The predicted molar refractivity (Wildman–Crippen MR) is 67.3 cm³/mol. The summed E-state index contributed by atoms with van der Waals surface area (Å²) >= 11 is 0. The van der Waals surface area contributed by atoms with Crippen LogP contribution in [0.5, 0.6) is 0 Å². The lowest BCUT2D eigenvalue weighted by Gasteiger charge is -2.21. The van der Waals surface area contributed by atoms with Crippen molar-refractivity contribution in [2.45, 2.75) is 38.3 Å². The number of rotatable bonds is 5. The number of hydrogen-bond donors (Lipinski definition) is 0. The summed E-state index contributed by atoms with van der Waals surface area (Å²) in [6.45, 7) is 2.34. The molecule has 2 aliphatic carbocycles. The van der Waals surface area contributed by atoms with Gasteiger partial charge in [-0.25, -0.2) is 0 Å². The Balaban J connectivity index is 1.63. The lowest BCUT2D eigenvalue weighted by Crippen LogP contribution is -2.27. The molecule has 0 radical (unpaired) electrons. The number of nitrogens with zero attached hydrogens (tertiary/aromatic N) is 2. The molecule has 3 rings (SSSR count). The van der Waals surface area contributed by atoms with E-state index in [0.29, 0.717) is 0 Å². The maximum Gasteiger partial charge on any atom is 0.0991 e. The second-order valence-corrected chi connectivity index (χ2v) is 5.41. The zero-order chi connectivity index (χ0) is 11.7. The monoisotopic (exact) mass is 226 g/mol. The third kappa shape index (κ3) is 2.87. The Bertz CT molecular complexity index is 421. The summed E-state index contributed by atoms with van der Waals surface area (Å²) in [5.41, 5.74) is 2.10. The minimum absolute atomic E-state index is 0.758. The van der Waals surface area contributed by atoms with Crippen LogP contribution in [0.15, 0.2) is 24.3 Å². The van der Waals surface area contributed by atoms with Crippen LogP contribution in [0.3, 0.4) is 0 Å². The van der Waals surface area contributed by atoms with Crippen molar-refractivity contribution in [3.8, 4) is 6.07 Å². The zero-order valence-electron chi connectivity index (χ0n) is 10.1. The van der Waals surface area contributed by atoms with E-state index < -0.39 is 0 Å². The van der Waals surface area contributed by atoms with Crippen LogP contribution in [0, 0.1) is 17.2 Å². The number of benzene rings is 1. The normalized spacial score (nSPS) is 19.3. The lowest BCUT2D eigenvalue weighted by molar-refractivity contribution is 0.244. The second-order valence-electron chi connectivity index (χ2n) is 5.41. The molecule has 1 aromatic carbocycles. The van der Waals surface area contributed by atoms with Gasteiger partial charge in [-0.2, -0.15) is 5.26 Å².